The van der Waals surface area contributed by atoms with Crippen molar-refractivity contribution in [2.75, 3.05) is 50.5 Å². The molecule has 2 rings (SSSR count). The van der Waals surface area contributed by atoms with E-state index in [1.807, 2.05) is 6.07 Å². The first-order valence-corrected chi connectivity index (χ1v) is 5.88. The number of nitrogens with zero attached hydrogens (tertiary/aromatic N) is 4. The quantitative estimate of drug-likeness (QED) is 0.810. The summed E-state index contributed by atoms with van der Waals surface area (Å²) in [4.78, 5) is 12.9. The van der Waals surface area contributed by atoms with Crippen LogP contribution in [0.25, 0.3) is 0 Å². The zero-order valence-electron chi connectivity index (χ0n) is 10.4. The van der Waals surface area contributed by atoms with Gasteiger partial charge < -0.3 is 20.3 Å². The fraction of sp³-hybridized carbons (Fsp3) is 0.636. The molecule has 1 fully saturated rings. The molecule has 0 bridgehead atoms. The van der Waals surface area contributed by atoms with Gasteiger partial charge in [-0.25, -0.2) is 0 Å². The summed E-state index contributed by atoms with van der Waals surface area (Å²) in [6, 6.07) is 1.83. The van der Waals surface area contributed by atoms with Gasteiger partial charge in [0.1, 0.15) is 5.82 Å². The Morgan fingerprint density at radius 1 is 1.29 bits per heavy atom. The van der Waals surface area contributed by atoms with Crippen molar-refractivity contribution in [2.45, 2.75) is 6.92 Å². The Morgan fingerprint density at radius 2 is 2.00 bits per heavy atom. The molecule has 2 N–H and O–H groups in total. The predicted octanol–water partition coefficient (Wildman–Crippen LogP) is 0.209. The van der Waals surface area contributed by atoms with Crippen LogP contribution in [0.4, 0.5) is 11.8 Å². The summed E-state index contributed by atoms with van der Waals surface area (Å²) < 4.78 is 5.10. The van der Waals surface area contributed by atoms with Crippen molar-refractivity contribution in [3.63, 3.8) is 0 Å². The lowest BCUT2D eigenvalue weighted by Crippen LogP contribution is -2.46. The Labute approximate surface area is 101 Å². The number of nitrogen functional groups attached to an aromatic ring is 1. The molecule has 1 aliphatic rings. The van der Waals surface area contributed by atoms with Gasteiger partial charge in [0, 0.05) is 32.2 Å². The Hall–Kier alpha value is -1.56. The van der Waals surface area contributed by atoms with Crippen molar-refractivity contribution in [3.05, 3.63) is 6.07 Å². The molecule has 0 spiro atoms. The van der Waals surface area contributed by atoms with Gasteiger partial charge in [-0.05, 0) is 6.54 Å². The maximum atomic E-state index is 5.66. The van der Waals surface area contributed by atoms with E-state index in [2.05, 4.69) is 26.7 Å². The molecule has 17 heavy (non-hydrogen) atoms. The van der Waals surface area contributed by atoms with Crippen LogP contribution in [0.15, 0.2) is 6.07 Å². The zero-order chi connectivity index (χ0) is 12.3. The van der Waals surface area contributed by atoms with E-state index in [0.29, 0.717) is 5.88 Å². The number of aromatic nitrogens is 2. The molecule has 94 valence electrons. The summed E-state index contributed by atoms with van der Waals surface area (Å²) in [5, 5.41) is 0. The Balaban J connectivity index is 2.10. The van der Waals surface area contributed by atoms with Gasteiger partial charge in [-0.3, -0.25) is 0 Å². The summed E-state index contributed by atoms with van der Waals surface area (Å²) in [6.07, 6.45) is 0. The molecule has 2 heterocycles. The minimum atomic E-state index is 0.261. The highest BCUT2D eigenvalue weighted by molar-refractivity contribution is 5.45. The second kappa shape index (κ2) is 5.18. The smallest absolute Gasteiger partial charge is 0.225 e. The molecular formula is C11H19N5O. The average molecular weight is 237 g/mol. The first-order chi connectivity index (χ1) is 8.22. The first kappa shape index (κ1) is 11.9. The highest BCUT2D eigenvalue weighted by Gasteiger charge is 2.17. The number of likely N-dealkylation sites (N-methyl/N-ethyl adjacent to an activating group) is 1. The number of piperazine rings is 1. The number of hydrogen-bond acceptors (Lipinski definition) is 6. The summed E-state index contributed by atoms with van der Waals surface area (Å²) in [5.41, 5.74) is 5.66. The van der Waals surface area contributed by atoms with Crippen LogP contribution in [0.2, 0.25) is 0 Å². The molecule has 6 nitrogen and oxygen atoms in total. The molecule has 0 unspecified atom stereocenters. The van der Waals surface area contributed by atoms with E-state index in [1.165, 1.54) is 0 Å². The van der Waals surface area contributed by atoms with Gasteiger partial charge in [0.2, 0.25) is 11.8 Å². The van der Waals surface area contributed by atoms with Crippen molar-refractivity contribution in [1.29, 1.82) is 0 Å². The van der Waals surface area contributed by atoms with Crippen LogP contribution >= 0.6 is 0 Å². The van der Waals surface area contributed by atoms with E-state index in [4.69, 9.17) is 10.5 Å². The Bertz CT molecular complexity index is 376. The molecule has 1 aromatic rings. The summed E-state index contributed by atoms with van der Waals surface area (Å²) in [5.74, 6) is 1.63. The second-order valence-corrected chi connectivity index (χ2v) is 4.05. The molecular weight excluding hydrogens is 218 g/mol. The van der Waals surface area contributed by atoms with Crippen molar-refractivity contribution >= 4 is 11.8 Å². The van der Waals surface area contributed by atoms with Gasteiger partial charge in [-0.1, -0.05) is 6.92 Å². The van der Waals surface area contributed by atoms with E-state index < -0.39 is 0 Å². The number of hydrogen-bond donors (Lipinski definition) is 1. The van der Waals surface area contributed by atoms with Crippen LogP contribution in [0.5, 0.6) is 5.88 Å². The number of anilines is 2. The fourth-order valence-electron chi connectivity index (χ4n) is 1.99. The highest BCUT2D eigenvalue weighted by atomic mass is 16.5. The van der Waals surface area contributed by atoms with Gasteiger partial charge in [-0.15, -0.1) is 0 Å². The van der Waals surface area contributed by atoms with Crippen LogP contribution in [-0.2, 0) is 0 Å². The first-order valence-electron chi connectivity index (χ1n) is 5.88. The van der Waals surface area contributed by atoms with Crippen molar-refractivity contribution in [3.8, 4) is 5.88 Å². The zero-order valence-corrected chi connectivity index (χ0v) is 10.4. The van der Waals surface area contributed by atoms with Gasteiger partial charge in [0.05, 0.1) is 7.11 Å². The van der Waals surface area contributed by atoms with Gasteiger partial charge in [-0.2, -0.15) is 9.97 Å². The third-order valence-electron chi connectivity index (χ3n) is 3.06. The maximum Gasteiger partial charge on any atom is 0.225 e. The van der Waals surface area contributed by atoms with Gasteiger partial charge in [0.15, 0.2) is 0 Å². The van der Waals surface area contributed by atoms with Crippen LogP contribution in [0.1, 0.15) is 6.92 Å². The minimum Gasteiger partial charge on any atom is -0.481 e. The molecule has 1 aliphatic heterocycles. The average Bonchev–Trinajstić information content (AvgIpc) is 2.38. The molecule has 0 saturated carbocycles. The monoisotopic (exact) mass is 237 g/mol. The standard InChI is InChI=1S/C11H19N5O/c1-3-15-4-6-16(7-5-15)9-8-10(17-2)14-11(12)13-9/h8H,3-7H2,1-2H3,(H2,12,13,14). The van der Waals surface area contributed by atoms with E-state index in [9.17, 15) is 0 Å². The van der Waals surface area contributed by atoms with Crippen molar-refractivity contribution < 1.29 is 4.74 Å². The maximum absolute atomic E-state index is 5.66. The Morgan fingerprint density at radius 3 is 2.59 bits per heavy atom. The van der Waals surface area contributed by atoms with Gasteiger partial charge >= 0.3 is 0 Å². The highest BCUT2D eigenvalue weighted by Crippen LogP contribution is 2.19. The van der Waals surface area contributed by atoms with Crippen LogP contribution < -0.4 is 15.4 Å². The molecule has 6 heteroatoms. The van der Waals surface area contributed by atoms with E-state index in [1.54, 1.807) is 7.11 Å². The normalized spacial score (nSPS) is 17.2. The van der Waals surface area contributed by atoms with Crippen molar-refractivity contribution in [1.82, 2.24) is 14.9 Å². The van der Waals surface area contributed by atoms with Crippen molar-refractivity contribution in [2.24, 2.45) is 0 Å². The third kappa shape index (κ3) is 2.76. The lowest BCUT2D eigenvalue weighted by atomic mass is 10.3. The molecule has 0 aromatic carbocycles. The summed E-state index contributed by atoms with van der Waals surface area (Å²) in [6.45, 7) is 7.33. The Kier molecular flexibility index (Phi) is 3.63. The molecule has 1 saturated heterocycles. The number of methoxy groups -OCH3 is 1. The predicted molar refractivity (Wildman–Crippen MR) is 67.3 cm³/mol. The fourth-order valence-corrected chi connectivity index (χ4v) is 1.99. The number of nitrogens with two attached hydrogens (primary N) is 1. The van der Waals surface area contributed by atoms with Crippen LogP contribution in [-0.4, -0.2) is 54.7 Å². The van der Waals surface area contributed by atoms with E-state index in [-0.39, 0.29) is 5.95 Å². The molecule has 1 aromatic heterocycles. The molecule has 0 atom stereocenters. The molecule has 0 amide bonds. The van der Waals surface area contributed by atoms with Gasteiger partial charge in [0.25, 0.3) is 0 Å². The van der Waals surface area contributed by atoms with Crippen LogP contribution in [0, 0.1) is 0 Å². The topological polar surface area (TPSA) is 67.5 Å². The molecule has 0 radical (unpaired) electrons. The number of rotatable bonds is 3. The lowest BCUT2D eigenvalue weighted by molar-refractivity contribution is 0.270. The molecule has 0 aliphatic carbocycles. The second-order valence-electron chi connectivity index (χ2n) is 4.05. The third-order valence-corrected chi connectivity index (χ3v) is 3.06. The van der Waals surface area contributed by atoms with E-state index >= 15 is 0 Å². The minimum absolute atomic E-state index is 0.261. The number of ether oxygens (including phenoxy) is 1. The summed E-state index contributed by atoms with van der Waals surface area (Å²) >= 11 is 0. The lowest BCUT2D eigenvalue weighted by Gasteiger charge is -2.34. The summed E-state index contributed by atoms with van der Waals surface area (Å²) in [7, 11) is 1.58. The van der Waals surface area contributed by atoms with Crippen LogP contribution in [0.3, 0.4) is 0 Å². The largest absolute Gasteiger partial charge is 0.481 e. The van der Waals surface area contributed by atoms with E-state index in [0.717, 1.165) is 38.5 Å². The SMILES string of the molecule is CCN1CCN(c2cc(OC)nc(N)n2)CC1.